The quantitative estimate of drug-likeness (QED) is 0.288. The first kappa shape index (κ1) is 24.0. The van der Waals surface area contributed by atoms with Gasteiger partial charge in [0.05, 0.1) is 22.3 Å². The first-order valence-electron chi connectivity index (χ1n) is 11.6. The molecule has 5 rings (SSSR count). The van der Waals surface area contributed by atoms with Gasteiger partial charge in [-0.15, -0.1) is 5.10 Å². The van der Waals surface area contributed by atoms with Gasteiger partial charge in [0.1, 0.15) is 5.69 Å². The van der Waals surface area contributed by atoms with Crippen LogP contribution in [0.15, 0.2) is 71.8 Å². The van der Waals surface area contributed by atoms with Gasteiger partial charge in [0, 0.05) is 23.7 Å². The Bertz CT molecular complexity index is 1520. The molecule has 0 bridgehead atoms. The molecule has 0 aliphatic carbocycles. The minimum absolute atomic E-state index is 0.174. The first-order valence-corrected chi connectivity index (χ1v) is 12.4. The van der Waals surface area contributed by atoms with E-state index in [2.05, 4.69) is 32.5 Å². The van der Waals surface area contributed by atoms with Crippen molar-refractivity contribution >= 4 is 23.2 Å². The second-order valence-corrected chi connectivity index (χ2v) is 9.19. The molecule has 5 aromatic rings. The average molecular weight is 520 g/mol. The third-order valence-corrected chi connectivity index (χ3v) is 6.62. The van der Waals surface area contributed by atoms with Crippen molar-refractivity contribution in [3.63, 3.8) is 0 Å². The Kier molecular flexibility index (Phi) is 6.97. The van der Waals surface area contributed by atoms with Gasteiger partial charge < -0.3 is 0 Å². The molecule has 0 saturated heterocycles. The highest BCUT2D eigenvalue weighted by atomic mass is 35.5. The third kappa shape index (κ3) is 4.69. The summed E-state index contributed by atoms with van der Waals surface area (Å²) in [6.45, 7) is 2.56. The largest absolute Gasteiger partial charge is 0.333 e. The topological polar surface area (TPSA) is 94.3 Å². The summed E-state index contributed by atoms with van der Waals surface area (Å²) < 4.78 is 3.34. The number of benzene rings is 2. The number of rotatable bonds is 8. The van der Waals surface area contributed by atoms with Gasteiger partial charge in [0.15, 0.2) is 5.82 Å². The maximum atomic E-state index is 13.5. The number of nitrogens with zero attached hydrogens (tertiary/aromatic N) is 6. The molecule has 0 atom stereocenters. The molecule has 1 N–H and O–H groups in total. The van der Waals surface area contributed by atoms with Crippen LogP contribution >= 0.6 is 23.2 Å². The fourth-order valence-corrected chi connectivity index (χ4v) is 4.77. The summed E-state index contributed by atoms with van der Waals surface area (Å²) in [5, 5.41) is 14.9. The maximum absolute atomic E-state index is 13.5. The number of aryl methyl sites for hydroxylation is 1. The molecule has 3 heterocycles. The monoisotopic (exact) mass is 519 g/mol. The van der Waals surface area contributed by atoms with Crippen LogP contribution in [0.5, 0.6) is 0 Å². The van der Waals surface area contributed by atoms with Gasteiger partial charge in [-0.25, -0.2) is 9.89 Å². The summed E-state index contributed by atoms with van der Waals surface area (Å²) in [6.07, 6.45) is 6.33. The lowest BCUT2D eigenvalue weighted by molar-refractivity contribution is 0.674. The van der Waals surface area contributed by atoms with Gasteiger partial charge in [0.25, 0.3) is 0 Å². The molecule has 8 nitrogen and oxygen atoms in total. The van der Waals surface area contributed by atoms with E-state index >= 15 is 0 Å². The van der Waals surface area contributed by atoms with Crippen LogP contribution in [0, 0.1) is 0 Å². The highest BCUT2D eigenvalue weighted by Gasteiger charge is 2.17. The number of hydrogen-bond acceptors (Lipinski definition) is 5. The lowest BCUT2D eigenvalue weighted by Crippen LogP contribution is -2.25. The minimum Gasteiger partial charge on any atom is -0.292 e. The number of tetrazole rings is 1. The van der Waals surface area contributed by atoms with Crippen molar-refractivity contribution in [1.82, 2.24) is 34.7 Å². The zero-order valence-corrected chi connectivity index (χ0v) is 21.0. The summed E-state index contributed by atoms with van der Waals surface area (Å²) in [5.41, 5.74) is 4.81. The lowest BCUT2D eigenvalue weighted by Gasteiger charge is -2.10. The Labute approximate surface area is 217 Å². The fourth-order valence-electron chi connectivity index (χ4n) is 4.19. The predicted molar refractivity (Wildman–Crippen MR) is 141 cm³/mol. The zero-order chi connectivity index (χ0) is 25.1. The van der Waals surface area contributed by atoms with Crippen LogP contribution in [0.2, 0.25) is 10.0 Å². The van der Waals surface area contributed by atoms with Crippen LogP contribution in [-0.4, -0.2) is 34.7 Å². The van der Waals surface area contributed by atoms with E-state index in [1.54, 1.807) is 33.5 Å². The molecule has 10 heteroatoms. The molecule has 0 aliphatic heterocycles. The summed E-state index contributed by atoms with van der Waals surface area (Å²) >= 11 is 12.8. The minimum atomic E-state index is -0.174. The van der Waals surface area contributed by atoms with Crippen LogP contribution in [0.3, 0.4) is 0 Å². The number of hydrogen-bond donors (Lipinski definition) is 1. The second-order valence-electron chi connectivity index (χ2n) is 8.38. The number of pyridine rings is 1. The van der Waals surface area contributed by atoms with Gasteiger partial charge in [-0.1, -0.05) is 72.9 Å². The molecule has 0 radical (unpaired) electrons. The molecule has 182 valence electrons. The lowest BCUT2D eigenvalue weighted by atomic mass is 10.0. The number of imidazole rings is 1. The van der Waals surface area contributed by atoms with Gasteiger partial charge in [-0.2, -0.15) is 0 Å². The fraction of sp³-hybridized carbons (Fsp3) is 0.192. The SMILES string of the molecule is CCCCc1cn(-c2c(Cl)cccc2Cl)c(=O)n1Cc1ccc(-c2cccnc2-c2nnn[nH]2)cc1. The summed E-state index contributed by atoms with van der Waals surface area (Å²) in [5.74, 6) is 0.501. The predicted octanol–water partition coefficient (Wildman–Crippen LogP) is 5.58. The Balaban J connectivity index is 1.49. The van der Waals surface area contributed by atoms with Crippen LogP contribution in [0.4, 0.5) is 0 Å². The molecule has 0 unspecified atom stereocenters. The van der Waals surface area contributed by atoms with Crippen molar-refractivity contribution in [2.45, 2.75) is 32.7 Å². The van der Waals surface area contributed by atoms with Crippen LogP contribution in [0.1, 0.15) is 31.0 Å². The van der Waals surface area contributed by atoms with E-state index in [4.69, 9.17) is 23.2 Å². The summed E-state index contributed by atoms with van der Waals surface area (Å²) in [4.78, 5) is 17.9. The molecule has 0 amide bonds. The highest BCUT2D eigenvalue weighted by Crippen LogP contribution is 2.29. The summed E-state index contributed by atoms with van der Waals surface area (Å²) in [6, 6.07) is 17.1. The molecular weight excluding hydrogens is 497 g/mol. The van der Waals surface area contributed by atoms with Crippen molar-refractivity contribution in [1.29, 1.82) is 0 Å². The van der Waals surface area contributed by atoms with Crippen molar-refractivity contribution < 1.29 is 0 Å². The van der Waals surface area contributed by atoms with Crippen LogP contribution in [0.25, 0.3) is 28.3 Å². The number of aromatic nitrogens is 7. The van der Waals surface area contributed by atoms with E-state index in [-0.39, 0.29) is 5.69 Å². The number of nitrogens with one attached hydrogen (secondary N) is 1. The van der Waals surface area contributed by atoms with E-state index < -0.39 is 0 Å². The van der Waals surface area contributed by atoms with Gasteiger partial charge in [-0.3, -0.25) is 14.1 Å². The second kappa shape index (κ2) is 10.5. The molecule has 3 aromatic heterocycles. The van der Waals surface area contributed by atoms with Gasteiger partial charge in [0.2, 0.25) is 0 Å². The van der Waals surface area contributed by atoms with Crippen molar-refractivity contribution in [3.05, 3.63) is 98.8 Å². The van der Waals surface area contributed by atoms with Gasteiger partial charge in [-0.05, 0) is 52.6 Å². The van der Waals surface area contributed by atoms with E-state index in [1.165, 1.54) is 0 Å². The number of H-pyrrole nitrogens is 1. The van der Waals surface area contributed by atoms with Crippen molar-refractivity contribution in [2.75, 3.05) is 0 Å². The van der Waals surface area contributed by atoms with Crippen molar-refractivity contribution in [2.24, 2.45) is 0 Å². The Morgan fingerprint density at radius 2 is 1.78 bits per heavy atom. The number of unbranched alkanes of at least 4 members (excludes halogenated alkanes) is 1. The van der Waals surface area contributed by atoms with Crippen LogP contribution in [-0.2, 0) is 13.0 Å². The standard InChI is InChI=1S/C26H23Cl2N7O/c1-2-3-6-19-16-35(24-21(27)8-4-9-22(24)28)26(36)34(19)15-17-10-12-18(13-11-17)20-7-5-14-29-23(20)25-30-32-33-31-25/h4-5,7-14,16H,2-3,6,15H2,1H3,(H,30,31,32,33). The molecule has 36 heavy (non-hydrogen) atoms. The van der Waals surface area contributed by atoms with E-state index in [0.717, 1.165) is 41.6 Å². The average Bonchev–Trinajstić information content (AvgIpc) is 3.53. The van der Waals surface area contributed by atoms with Gasteiger partial charge >= 0.3 is 5.69 Å². The number of aromatic amines is 1. The van der Waals surface area contributed by atoms with E-state index in [9.17, 15) is 4.79 Å². The third-order valence-electron chi connectivity index (χ3n) is 6.01. The zero-order valence-electron chi connectivity index (χ0n) is 19.5. The molecule has 0 fully saturated rings. The van der Waals surface area contributed by atoms with E-state index in [1.807, 2.05) is 42.6 Å². The summed E-state index contributed by atoms with van der Waals surface area (Å²) in [7, 11) is 0. The number of para-hydroxylation sites is 1. The first-order chi connectivity index (χ1) is 17.6. The molecule has 0 saturated carbocycles. The normalized spacial score (nSPS) is 11.2. The smallest absolute Gasteiger partial charge is 0.292 e. The maximum Gasteiger partial charge on any atom is 0.333 e. The number of halogens is 2. The molecule has 2 aromatic carbocycles. The Morgan fingerprint density at radius 3 is 2.47 bits per heavy atom. The molecule has 0 aliphatic rings. The Morgan fingerprint density at radius 1 is 1.00 bits per heavy atom. The molecular formula is C26H23Cl2N7O. The van der Waals surface area contributed by atoms with E-state index in [0.29, 0.717) is 33.8 Å². The molecule has 0 spiro atoms. The van der Waals surface area contributed by atoms with Crippen molar-refractivity contribution in [3.8, 4) is 28.3 Å². The van der Waals surface area contributed by atoms with Crippen LogP contribution < -0.4 is 5.69 Å². The Hall–Kier alpha value is -3.75. The highest BCUT2D eigenvalue weighted by molar-refractivity contribution is 6.37.